The number of fused-ring (bicyclic) bond motifs is 1. The fourth-order valence-electron chi connectivity index (χ4n) is 2.97. The topological polar surface area (TPSA) is 56.7 Å². The molecule has 0 amide bonds. The number of anilines is 1. The highest BCUT2D eigenvalue weighted by Crippen LogP contribution is 2.38. The normalized spacial score (nSPS) is 11.1. The second-order valence-electron chi connectivity index (χ2n) is 6.13. The Hall–Kier alpha value is -2.22. The molecule has 0 fully saturated rings. The van der Waals surface area contributed by atoms with E-state index in [1.807, 2.05) is 19.1 Å². The first-order valence-corrected chi connectivity index (χ1v) is 9.69. The Labute approximate surface area is 163 Å². The Morgan fingerprint density at radius 2 is 1.63 bits per heavy atom. The number of aryl methyl sites for hydroxylation is 1. The van der Waals surface area contributed by atoms with Gasteiger partial charge < -0.3 is 19.1 Å². The molecule has 0 N–H and O–H groups in total. The van der Waals surface area contributed by atoms with Crippen LogP contribution in [0.4, 0.5) is 5.82 Å². The molecule has 0 saturated carbocycles. The molecule has 0 saturated heterocycles. The Kier molecular flexibility index (Phi) is 6.60. The van der Waals surface area contributed by atoms with E-state index < -0.39 is 0 Å². The summed E-state index contributed by atoms with van der Waals surface area (Å²) in [4.78, 5) is 12.6. The van der Waals surface area contributed by atoms with Crippen molar-refractivity contribution in [3.63, 3.8) is 0 Å². The van der Waals surface area contributed by atoms with Crippen LogP contribution in [0.5, 0.6) is 5.75 Å². The van der Waals surface area contributed by atoms with Crippen molar-refractivity contribution in [2.75, 3.05) is 52.5 Å². The summed E-state index contributed by atoms with van der Waals surface area (Å²) in [6.07, 6.45) is 0. The largest absolute Gasteiger partial charge is 0.497 e. The van der Waals surface area contributed by atoms with Crippen molar-refractivity contribution in [2.45, 2.75) is 6.92 Å². The lowest BCUT2D eigenvalue weighted by Gasteiger charge is -2.24. The molecule has 144 valence electrons. The molecule has 0 aliphatic rings. The second-order valence-corrected chi connectivity index (χ2v) is 6.98. The summed E-state index contributed by atoms with van der Waals surface area (Å²) in [5, 5.41) is 3.22. The molecule has 0 spiro atoms. The summed E-state index contributed by atoms with van der Waals surface area (Å²) in [7, 11) is 5.10. The predicted octanol–water partition coefficient (Wildman–Crippen LogP) is 3.77. The fraction of sp³-hybridized carbons (Fsp3) is 0.400. The van der Waals surface area contributed by atoms with Crippen LogP contribution in [0.2, 0.25) is 0 Å². The van der Waals surface area contributed by atoms with Gasteiger partial charge in [0.05, 0.1) is 25.7 Å². The van der Waals surface area contributed by atoms with Crippen LogP contribution in [-0.2, 0) is 9.47 Å². The third-order valence-corrected chi connectivity index (χ3v) is 5.23. The summed E-state index contributed by atoms with van der Waals surface area (Å²) < 4.78 is 15.9. The van der Waals surface area contributed by atoms with E-state index >= 15 is 0 Å². The first kappa shape index (κ1) is 19.5. The van der Waals surface area contributed by atoms with Crippen LogP contribution in [0.1, 0.15) is 5.82 Å². The lowest BCUT2D eigenvalue weighted by Crippen LogP contribution is -2.31. The number of methoxy groups -OCH3 is 3. The number of hydrogen-bond acceptors (Lipinski definition) is 7. The molecule has 0 radical (unpaired) electrons. The van der Waals surface area contributed by atoms with Gasteiger partial charge >= 0.3 is 0 Å². The number of rotatable bonds is 9. The Morgan fingerprint density at radius 3 is 2.22 bits per heavy atom. The standard InChI is InChI=1S/C20H25N3O3S/c1-14-21-19(23(9-11-24-2)10-12-25-3)18-17(13-27-20(18)22-14)15-5-7-16(26-4)8-6-15/h5-8,13H,9-12H2,1-4H3. The van der Waals surface area contributed by atoms with Gasteiger partial charge in [0.25, 0.3) is 0 Å². The summed E-state index contributed by atoms with van der Waals surface area (Å²) in [5.41, 5.74) is 2.25. The molecule has 0 bridgehead atoms. The van der Waals surface area contributed by atoms with Crippen LogP contribution >= 0.6 is 11.3 Å². The monoisotopic (exact) mass is 387 g/mol. The van der Waals surface area contributed by atoms with Crippen LogP contribution in [0, 0.1) is 6.92 Å². The van der Waals surface area contributed by atoms with Crippen molar-refractivity contribution in [3.05, 3.63) is 35.5 Å². The zero-order valence-corrected chi connectivity index (χ0v) is 17.0. The number of hydrogen-bond donors (Lipinski definition) is 0. The highest BCUT2D eigenvalue weighted by atomic mass is 32.1. The maximum Gasteiger partial charge on any atom is 0.141 e. The number of benzene rings is 1. The average Bonchev–Trinajstić information content (AvgIpc) is 3.11. The maximum atomic E-state index is 5.30. The molecular formula is C20H25N3O3S. The van der Waals surface area contributed by atoms with Gasteiger partial charge in [-0.1, -0.05) is 12.1 Å². The minimum atomic E-state index is 0.621. The van der Waals surface area contributed by atoms with Gasteiger partial charge in [0.15, 0.2) is 0 Å². The van der Waals surface area contributed by atoms with Crippen molar-refractivity contribution >= 4 is 27.4 Å². The van der Waals surface area contributed by atoms with E-state index in [9.17, 15) is 0 Å². The number of thiophene rings is 1. The van der Waals surface area contributed by atoms with Gasteiger partial charge in [0.2, 0.25) is 0 Å². The lowest BCUT2D eigenvalue weighted by atomic mass is 10.1. The molecule has 6 nitrogen and oxygen atoms in total. The molecule has 0 atom stereocenters. The number of aromatic nitrogens is 2. The van der Waals surface area contributed by atoms with E-state index in [1.165, 1.54) is 0 Å². The summed E-state index contributed by atoms with van der Waals surface area (Å²) in [6, 6.07) is 8.08. The average molecular weight is 388 g/mol. The lowest BCUT2D eigenvalue weighted by molar-refractivity contribution is 0.190. The van der Waals surface area contributed by atoms with Gasteiger partial charge in [-0.15, -0.1) is 11.3 Å². The predicted molar refractivity (Wildman–Crippen MR) is 110 cm³/mol. The summed E-state index contributed by atoms with van der Waals surface area (Å²) >= 11 is 1.64. The van der Waals surface area contributed by atoms with Gasteiger partial charge in [0, 0.05) is 38.3 Å². The van der Waals surface area contributed by atoms with Crippen molar-refractivity contribution in [1.82, 2.24) is 9.97 Å². The van der Waals surface area contributed by atoms with Crippen LogP contribution in [0.25, 0.3) is 21.3 Å². The molecule has 27 heavy (non-hydrogen) atoms. The molecule has 0 aliphatic carbocycles. The van der Waals surface area contributed by atoms with Gasteiger partial charge in [-0.05, 0) is 24.6 Å². The summed E-state index contributed by atoms with van der Waals surface area (Å²) in [5.74, 6) is 2.53. The minimum Gasteiger partial charge on any atom is -0.497 e. The molecule has 3 rings (SSSR count). The van der Waals surface area contributed by atoms with Gasteiger partial charge in [-0.2, -0.15) is 0 Å². The van der Waals surface area contributed by atoms with Crippen molar-refractivity contribution < 1.29 is 14.2 Å². The van der Waals surface area contributed by atoms with E-state index in [-0.39, 0.29) is 0 Å². The fourth-order valence-corrected chi connectivity index (χ4v) is 3.95. The molecule has 3 aromatic rings. The SMILES string of the molecule is COCCN(CCOC)c1nc(C)nc2scc(-c3ccc(OC)cc3)c12. The zero-order chi connectivity index (χ0) is 19.2. The van der Waals surface area contributed by atoms with Crippen LogP contribution in [0.15, 0.2) is 29.6 Å². The zero-order valence-electron chi connectivity index (χ0n) is 16.2. The Morgan fingerprint density at radius 1 is 0.963 bits per heavy atom. The Balaban J connectivity index is 2.10. The maximum absolute atomic E-state index is 5.30. The molecule has 2 heterocycles. The number of ether oxygens (including phenoxy) is 3. The van der Waals surface area contributed by atoms with Gasteiger partial charge in [-0.25, -0.2) is 9.97 Å². The van der Waals surface area contributed by atoms with Crippen LogP contribution < -0.4 is 9.64 Å². The van der Waals surface area contributed by atoms with E-state index in [2.05, 4.69) is 27.4 Å². The van der Waals surface area contributed by atoms with E-state index in [4.69, 9.17) is 19.2 Å². The van der Waals surface area contributed by atoms with Gasteiger partial charge in [-0.3, -0.25) is 0 Å². The highest BCUT2D eigenvalue weighted by Gasteiger charge is 2.19. The first-order chi connectivity index (χ1) is 13.2. The molecule has 1 aromatic carbocycles. The molecule has 0 unspecified atom stereocenters. The molecule has 7 heteroatoms. The van der Waals surface area contributed by atoms with E-state index in [1.54, 1.807) is 32.7 Å². The van der Waals surface area contributed by atoms with E-state index in [0.717, 1.165) is 51.8 Å². The quantitative estimate of drug-likeness (QED) is 0.557. The second kappa shape index (κ2) is 9.12. The molecule has 2 aromatic heterocycles. The highest BCUT2D eigenvalue weighted by molar-refractivity contribution is 7.17. The third-order valence-electron chi connectivity index (χ3n) is 4.36. The molecule has 0 aliphatic heterocycles. The first-order valence-electron chi connectivity index (χ1n) is 8.81. The van der Waals surface area contributed by atoms with Crippen molar-refractivity contribution in [2.24, 2.45) is 0 Å². The summed E-state index contributed by atoms with van der Waals surface area (Å²) in [6.45, 7) is 4.65. The number of nitrogens with zero attached hydrogens (tertiary/aromatic N) is 3. The van der Waals surface area contributed by atoms with E-state index in [0.29, 0.717) is 13.2 Å². The van der Waals surface area contributed by atoms with Gasteiger partial charge in [0.1, 0.15) is 22.2 Å². The molecular weight excluding hydrogens is 362 g/mol. The van der Waals surface area contributed by atoms with Crippen LogP contribution in [0.3, 0.4) is 0 Å². The van der Waals surface area contributed by atoms with Crippen molar-refractivity contribution in [3.8, 4) is 16.9 Å². The minimum absolute atomic E-state index is 0.621. The Bertz CT molecular complexity index is 872. The van der Waals surface area contributed by atoms with Crippen molar-refractivity contribution in [1.29, 1.82) is 0 Å². The third kappa shape index (κ3) is 4.37. The van der Waals surface area contributed by atoms with Crippen LogP contribution in [-0.4, -0.2) is 57.6 Å². The smallest absolute Gasteiger partial charge is 0.141 e.